The van der Waals surface area contributed by atoms with Crippen molar-refractivity contribution >= 4 is 57.2 Å². The summed E-state index contributed by atoms with van der Waals surface area (Å²) in [6, 6.07) is 8.46. The first-order valence-corrected chi connectivity index (χ1v) is 11.1. The highest BCUT2D eigenvalue weighted by atomic mass is 79.9. The van der Waals surface area contributed by atoms with Crippen LogP contribution in [0.25, 0.3) is 0 Å². The topological polar surface area (TPSA) is 118 Å². The van der Waals surface area contributed by atoms with Gasteiger partial charge in [-0.2, -0.15) is 5.10 Å². The zero-order valence-electron chi connectivity index (χ0n) is 18.3. The van der Waals surface area contributed by atoms with E-state index in [4.69, 9.17) is 21.1 Å². The molecule has 2 aromatic rings. The molecule has 2 aromatic carbocycles. The highest BCUT2D eigenvalue weighted by Gasteiger charge is 2.15. The average molecular weight is 540 g/mol. The molecule has 0 aliphatic carbocycles. The van der Waals surface area contributed by atoms with Gasteiger partial charge in [-0.1, -0.05) is 24.6 Å². The van der Waals surface area contributed by atoms with E-state index in [-0.39, 0.29) is 12.5 Å². The molecule has 2 rings (SSSR count). The molecule has 0 aliphatic heterocycles. The number of rotatable bonds is 9. The summed E-state index contributed by atoms with van der Waals surface area (Å²) in [6.45, 7) is 3.87. The largest absolute Gasteiger partial charge is 0.493 e. The van der Waals surface area contributed by atoms with E-state index in [1.165, 1.54) is 13.3 Å². The summed E-state index contributed by atoms with van der Waals surface area (Å²) < 4.78 is 11.5. The summed E-state index contributed by atoms with van der Waals surface area (Å²) in [5.41, 5.74) is 4.17. The molecule has 0 aliphatic rings. The van der Waals surface area contributed by atoms with E-state index in [9.17, 15) is 14.4 Å². The van der Waals surface area contributed by atoms with Gasteiger partial charge in [0.1, 0.15) is 0 Å². The number of anilines is 1. The lowest BCUT2D eigenvalue weighted by atomic mass is 10.2. The first-order valence-electron chi connectivity index (χ1n) is 9.92. The van der Waals surface area contributed by atoms with E-state index >= 15 is 0 Å². The fraction of sp³-hybridized carbons (Fsp3) is 0.273. The van der Waals surface area contributed by atoms with Crippen molar-refractivity contribution in [1.29, 1.82) is 0 Å². The van der Waals surface area contributed by atoms with Gasteiger partial charge in [0, 0.05) is 17.3 Å². The maximum atomic E-state index is 12.3. The zero-order chi connectivity index (χ0) is 24.4. The molecule has 0 radical (unpaired) electrons. The van der Waals surface area contributed by atoms with E-state index in [0.717, 1.165) is 5.56 Å². The first kappa shape index (κ1) is 26.1. The minimum atomic E-state index is -0.869. The number of carbonyl (C=O) groups excluding carboxylic acids is 3. The minimum Gasteiger partial charge on any atom is -0.493 e. The molecular formula is C22H24BrClN4O5. The van der Waals surface area contributed by atoms with Crippen molar-refractivity contribution < 1.29 is 23.9 Å². The van der Waals surface area contributed by atoms with Crippen molar-refractivity contribution in [2.45, 2.75) is 20.3 Å². The summed E-state index contributed by atoms with van der Waals surface area (Å²) >= 11 is 9.36. The molecule has 11 heteroatoms. The number of nitrogens with one attached hydrogen (secondary N) is 3. The lowest BCUT2D eigenvalue weighted by molar-refractivity contribution is -0.139. The number of methoxy groups -OCH3 is 1. The second-order valence-electron chi connectivity index (χ2n) is 6.79. The number of benzene rings is 2. The van der Waals surface area contributed by atoms with Crippen LogP contribution >= 0.6 is 27.5 Å². The van der Waals surface area contributed by atoms with Gasteiger partial charge in [-0.25, -0.2) is 5.43 Å². The third-order valence-corrected chi connectivity index (χ3v) is 5.02. The van der Waals surface area contributed by atoms with Crippen LogP contribution in [0.3, 0.4) is 0 Å². The molecule has 33 heavy (non-hydrogen) atoms. The van der Waals surface area contributed by atoms with Crippen LogP contribution in [0.15, 0.2) is 39.9 Å². The van der Waals surface area contributed by atoms with E-state index in [2.05, 4.69) is 37.1 Å². The maximum absolute atomic E-state index is 12.3. The Balaban J connectivity index is 2.01. The van der Waals surface area contributed by atoms with Crippen LogP contribution in [-0.2, 0) is 14.4 Å². The quantitative estimate of drug-likeness (QED) is 0.256. The fourth-order valence-corrected chi connectivity index (χ4v) is 3.29. The third kappa shape index (κ3) is 8.07. The van der Waals surface area contributed by atoms with Crippen LogP contribution in [-0.4, -0.2) is 44.2 Å². The Morgan fingerprint density at radius 3 is 2.64 bits per heavy atom. The van der Waals surface area contributed by atoms with Crippen molar-refractivity contribution in [1.82, 2.24) is 10.7 Å². The van der Waals surface area contributed by atoms with Gasteiger partial charge in [-0.3, -0.25) is 14.4 Å². The van der Waals surface area contributed by atoms with Gasteiger partial charge in [0.15, 0.2) is 18.1 Å². The highest BCUT2D eigenvalue weighted by molar-refractivity contribution is 9.10. The van der Waals surface area contributed by atoms with Crippen LogP contribution in [0.5, 0.6) is 11.5 Å². The predicted octanol–water partition coefficient (Wildman–Crippen LogP) is 3.41. The van der Waals surface area contributed by atoms with Crippen molar-refractivity contribution in [2.75, 3.05) is 25.6 Å². The van der Waals surface area contributed by atoms with Gasteiger partial charge in [-0.05, 0) is 64.7 Å². The van der Waals surface area contributed by atoms with Gasteiger partial charge in [-0.15, -0.1) is 0 Å². The van der Waals surface area contributed by atoms with E-state index < -0.39 is 11.8 Å². The molecule has 0 aromatic heterocycles. The fourth-order valence-electron chi connectivity index (χ4n) is 2.54. The number of amides is 3. The predicted molar refractivity (Wildman–Crippen MR) is 130 cm³/mol. The van der Waals surface area contributed by atoms with E-state index in [1.54, 1.807) is 30.3 Å². The number of hydrogen-bond donors (Lipinski definition) is 3. The monoisotopic (exact) mass is 538 g/mol. The summed E-state index contributed by atoms with van der Waals surface area (Å²) in [5.74, 6) is -1.35. The van der Waals surface area contributed by atoms with Gasteiger partial charge in [0.25, 0.3) is 5.91 Å². The molecule has 0 unspecified atom stereocenters. The number of hydrogen-bond acceptors (Lipinski definition) is 6. The SMILES string of the molecule is CCCNC(=O)C(=O)N/N=C\c1cc(Br)c(OCC(=O)Nc2cc(Cl)ccc2C)c(OC)c1. The van der Waals surface area contributed by atoms with Gasteiger partial charge < -0.3 is 20.1 Å². The summed E-state index contributed by atoms with van der Waals surface area (Å²) in [4.78, 5) is 35.5. The Kier molecular flexibility index (Phi) is 10.1. The second kappa shape index (κ2) is 12.8. The number of halogens is 2. The molecule has 9 nitrogen and oxygen atoms in total. The van der Waals surface area contributed by atoms with Crippen molar-refractivity contribution in [3.8, 4) is 11.5 Å². The summed E-state index contributed by atoms with van der Waals surface area (Å²) in [7, 11) is 1.45. The summed E-state index contributed by atoms with van der Waals surface area (Å²) in [6.07, 6.45) is 2.06. The number of hydrazone groups is 1. The molecule has 0 saturated heterocycles. The lowest BCUT2D eigenvalue weighted by Crippen LogP contribution is -2.38. The number of aryl methyl sites for hydroxylation is 1. The Morgan fingerprint density at radius 1 is 1.18 bits per heavy atom. The number of ether oxygens (including phenoxy) is 2. The average Bonchev–Trinajstić information content (AvgIpc) is 2.78. The van der Waals surface area contributed by atoms with E-state index in [0.29, 0.717) is 45.2 Å². The molecule has 0 spiro atoms. The Labute approximate surface area is 205 Å². The highest BCUT2D eigenvalue weighted by Crippen LogP contribution is 2.36. The minimum absolute atomic E-state index is 0.267. The first-order chi connectivity index (χ1) is 15.7. The molecule has 0 fully saturated rings. The van der Waals surface area contributed by atoms with Crippen LogP contribution in [0, 0.1) is 6.92 Å². The van der Waals surface area contributed by atoms with Crippen molar-refractivity contribution in [3.63, 3.8) is 0 Å². The van der Waals surface area contributed by atoms with Crippen LogP contribution in [0.2, 0.25) is 5.02 Å². The second-order valence-corrected chi connectivity index (χ2v) is 8.08. The molecule has 3 amide bonds. The maximum Gasteiger partial charge on any atom is 0.329 e. The normalized spacial score (nSPS) is 10.6. The lowest BCUT2D eigenvalue weighted by Gasteiger charge is -2.14. The molecule has 0 atom stereocenters. The Morgan fingerprint density at radius 2 is 1.94 bits per heavy atom. The van der Waals surface area contributed by atoms with Crippen molar-refractivity contribution in [3.05, 3.63) is 51.0 Å². The number of nitrogens with zero attached hydrogens (tertiary/aromatic N) is 1. The zero-order valence-corrected chi connectivity index (χ0v) is 20.7. The van der Waals surface area contributed by atoms with Gasteiger partial charge >= 0.3 is 11.8 Å². The van der Waals surface area contributed by atoms with Gasteiger partial charge in [0.05, 0.1) is 17.8 Å². The molecule has 0 saturated carbocycles. The van der Waals surface area contributed by atoms with Gasteiger partial charge in [0.2, 0.25) is 0 Å². The number of carbonyl (C=O) groups is 3. The summed E-state index contributed by atoms with van der Waals surface area (Å²) in [5, 5.41) is 9.49. The molecular weight excluding hydrogens is 516 g/mol. The standard InChI is InChI=1S/C22H24BrClN4O5/c1-4-7-25-21(30)22(31)28-26-11-14-8-16(23)20(18(9-14)32-3)33-12-19(29)27-17-10-15(24)6-5-13(17)2/h5-6,8-11H,4,7,12H2,1-3H3,(H,25,30)(H,27,29)(H,28,31)/b26-11-. The van der Waals surface area contributed by atoms with Crippen LogP contribution < -0.4 is 25.5 Å². The molecule has 176 valence electrons. The molecule has 0 heterocycles. The molecule has 0 bridgehead atoms. The Bertz CT molecular complexity index is 1060. The van der Waals surface area contributed by atoms with Crippen LogP contribution in [0.1, 0.15) is 24.5 Å². The van der Waals surface area contributed by atoms with Crippen LogP contribution in [0.4, 0.5) is 5.69 Å². The smallest absolute Gasteiger partial charge is 0.329 e. The third-order valence-electron chi connectivity index (χ3n) is 4.19. The molecule has 3 N–H and O–H groups in total. The van der Waals surface area contributed by atoms with E-state index in [1.807, 2.05) is 13.8 Å². The van der Waals surface area contributed by atoms with Crippen molar-refractivity contribution in [2.24, 2.45) is 5.10 Å². The Hall–Kier alpha value is -3.11.